The van der Waals surface area contributed by atoms with E-state index in [1.54, 1.807) is 0 Å². The summed E-state index contributed by atoms with van der Waals surface area (Å²) in [4.78, 5) is 30.1. The Hall–Kier alpha value is -2.28. The lowest BCUT2D eigenvalue weighted by molar-refractivity contribution is 0.0949. The summed E-state index contributed by atoms with van der Waals surface area (Å²) in [7, 11) is 0. The molecule has 0 aromatic heterocycles. The number of urea groups is 1. The Bertz CT molecular complexity index is 723. The van der Waals surface area contributed by atoms with Crippen LogP contribution in [0, 0.1) is 0 Å². The summed E-state index contributed by atoms with van der Waals surface area (Å²) in [6.45, 7) is 9.58. The number of hydrogen-bond acceptors (Lipinski definition) is 4. The van der Waals surface area contributed by atoms with Gasteiger partial charge in [-0.1, -0.05) is 33.1 Å². The van der Waals surface area contributed by atoms with Crippen molar-refractivity contribution in [2.24, 2.45) is 0 Å². The number of amides is 3. The zero-order chi connectivity index (χ0) is 22.1. The highest BCUT2D eigenvalue weighted by Crippen LogP contribution is 2.27. The van der Waals surface area contributed by atoms with Crippen LogP contribution in [-0.2, 0) is 0 Å². The Labute approximate surface area is 186 Å². The number of anilines is 2. The number of carbonyl (C=O) groups excluding carboxylic acids is 2. The maximum atomic E-state index is 13.1. The smallest absolute Gasteiger partial charge is 0.319 e. The molecular formula is C24H39N5O2. The summed E-state index contributed by atoms with van der Waals surface area (Å²) >= 11 is 0. The molecule has 1 aliphatic carbocycles. The lowest BCUT2D eigenvalue weighted by Gasteiger charge is -2.24. The predicted molar refractivity (Wildman–Crippen MR) is 127 cm³/mol. The fraction of sp³-hybridized carbons (Fsp3) is 0.667. The standard InChI is InChI=1S/C24H39N5O2/c1-3-28(4-2)17-14-25-23(30)21-18-20(12-13-22(21)29-15-8-9-16-29)27-24(31)26-19-10-6-5-7-11-19/h12-13,18-19H,3-11,14-17H2,1-2H3,(H,25,30)(H2,26,27,31). The topological polar surface area (TPSA) is 76.7 Å². The zero-order valence-electron chi connectivity index (χ0n) is 19.2. The molecule has 7 heteroatoms. The lowest BCUT2D eigenvalue weighted by atomic mass is 9.96. The summed E-state index contributed by atoms with van der Waals surface area (Å²) < 4.78 is 0. The van der Waals surface area contributed by atoms with Crippen LogP contribution in [0.3, 0.4) is 0 Å². The highest BCUT2D eigenvalue weighted by molar-refractivity contribution is 6.02. The minimum atomic E-state index is -0.186. The van der Waals surface area contributed by atoms with E-state index in [1.165, 1.54) is 19.3 Å². The number of likely N-dealkylation sites (N-methyl/N-ethyl adjacent to an activating group) is 1. The van der Waals surface area contributed by atoms with E-state index in [0.717, 1.165) is 64.1 Å². The molecule has 1 heterocycles. The molecule has 1 saturated heterocycles. The summed E-state index contributed by atoms with van der Waals surface area (Å²) in [5.41, 5.74) is 2.25. The fourth-order valence-corrected chi connectivity index (χ4v) is 4.59. The van der Waals surface area contributed by atoms with Gasteiger partial charge in [-0.05, 0) is 57.0 Å². The van der Waals surface area contributed by atoms with Gasteiger partial charge in [0, 0.05) is 43.6 Å². The Kier molecular flexibility index (Phi) is 9.00. The first-order chi connectivity index (χ1) is 15.1. The third-order valence-electron chi connectivity index (χ3n) is 6.49. The quantitative estimate of drug-likeness (QED) is 0.558. The Morgan fingerprint density at radius 1 is 1.03 bits per heavy atom. The van der Waals surface area contributed by atoms with Gasteiger partial charge in [0.2, 0.25) is 0 Å². The van der Waals surface area contributed by atoms with Gasteiger partial charge in [0.15, 0.2) is 0 Å². The van der Waals surface area contributed by atoms with E-state index in [9.17, 15) is 9.59 Å². The van der Waals surface area contributed by atoms with E-state index in [-0.39, 0.29) is 18.0 Å². The maximum absolute atomic E-state index is 13.1. The van der Waals surface area contributed by atoms with E-state index in [1.807, 2.05) is 18.2 Å². The number of hydrogen-bond donors (Lipinski definition) is 3. The van der Waals surface area contributed by atoms with Crippen molar-refractivity contribution in [2.45, 2.75) is 64.8 Å². The van der Waals surface area contributed by atoms with Gasteiger partial charge in [-0.25, -0.2) is 4.79 Å². The third-order valence-corrected chi connectivity index (χ3v) is 6.49. The van der Waals surface area contributed by atoms with Crippen molar-refractivity contribution < 1.29 is 9.59 Å². The Morgan fingerprint density at radius 2 is 1.74 bits per heavy atom. The van der Waals surface area contributed by atoms with Crippen LogP contribution in [0.15, 0.2) is 18.2 Å². The second-order valence-corrected chi connectivity index (χ2v) is 8.64. The van der Waals surface area contributed by atoms with Crippen molar-refractivity contribution in [2.75, 3.05) is 49.5 Å². The number of rotatable bonds is 9. The summed E-state index contributed by atoms with van der Waals surface area (Å²) in [6, 6.07) is 5.76. The first-order valence-corrected chi connectivity index (χ1v) is 12.1. The van der Waals surface area contributed by atoms with E-state index in [2.05, 4.69) is 39.6 Å². The van der Waals surface area contributed by atoms with Gasteiger partial charge < -0.3 is 25.8 Å². The highest BCUT2D eigenvalue weighted by Gasteiger charge is 2.21. The Balaban J connectivity index is 1.67. The largest absolute Gasteiger partial charge is 0.371 e. The molecular weight excluding hydrogens is 390 g/mol. The average Bonchev–Trinajstić information content (AvgIpc) is 3.32. The van der Waals surface area contributed by atoms with Crippen LogP contribution in [0.5, 0.6) is 0 Å². The molecule has 0 atom stereocenters. The van der Waals surface area contributed by atoms with Gasteiger partial charge in [-0.15, -0.1) is 0 Å². The van der Waals surface area contributed by atoms with Crippen LogP contribution < -0.4 is 20.9 Å². The van der Waals surface area contributed by atoms with Gasteiger partial charge in [0.05, 0.1) is 5.56 Å². The van der Waals surface area contributed by atoms with Gasteiger partial charge in [0.25, 0.3) is 5.91 Å². The van der Waals surface area contributed by atoms with Crippen LogP contribution in [0.25, 0.3) is 0 Å². The minimum absolute atomic E-state index is 0.0783. The molecule has 2 aliphatic rings. The number of nitrogens with zero attached hydrogens (tertiary/aromatic N) is 2. The molecule has 1 aromatic carbocycles. The summed E-state index contributed by atoms with van der Waals surface area (Å²) in [5, 5.41) is 9.09. The van der Waals surface area contributed by atoms with Gasteiger partial charge >= 0.3 is 6.03 Å². The molecule has 31 heavy (non-hydrogen) atoms. The van der Waals surface area contributed by atoms with Crippen LogP contribution in [-0.4, -0.2) is 62.1 Å². The Morgan fingerprint density at radius 3 is 2.42 bits per heavy atom. The molecule has 1 aliphatic heterocycles. The second kappa shape index (κ2) is 11.9. The van der Waals surface area contributed by atoms with Crippen LogP contribution in [0.4, 0.5) is 16.2 Å². The van der Waals surface area contributed by atoms with Gasteiger partial charge in [0.1, 0.15) is 0 Å². The lowest BCUT2D eigenvalue weighted by Crippen LogP contribution is -2.39. The van der Waals surface area contributed by atoms with Crippen LogP contribution in [0.1, 0.15) is 69.2 Å². The van der Waals surface area contributed by atoms with Crippen LogP contribution in [0.2, 0.25) is 0 Å². The fourth-order valence-electron chi connectivity index (χ4n) is 4.59. The maximum Gasteiger partial charge on any atom is 0.319 e. The monoisotopic (exact) mass is 429 g/mol. The molecule has 0 unspecified atom stereocenters. The third kappa shape index (κ3) is 6.86. The number of nitrogens with one attached hydrogen (secondary N) is 3. The van der Waals surface area contributed by atoms with Crippen molar-refractivity contribution >= 4 is 23.3 Å². The molecule has 1 saturated carbocycles. The predicted octanol–water partition coefficient (Wildman–Crippen LogP) is 3.81. The van der Waals surface area contributed by atoms with E-state index in [0.29, 0.717) is 17.8 Å². The molecule has 2 fully saturated rings. The minimum Gasteiger partial charge on any atom is -0.371 e. The molecule has 0 spiro atoms. The van der Waals surface area contributed by atoms with Crippen molar-refractivity contribution in [3.63, 3.8) is 0 Å². The molecule has 3 amide bonds. The highest BCUT2D eigenvalue weighted by atomic mass is 16.2. The average molecular weight is 430 g/mol. The SMILES string of the molecule is CCN(CC)CCNC(=O)c1cc(NC(=O)NC2CCCCC2)ccc1N1CCCC1. The van der Waals surface area contributed by atoms with Crippen molar-refractivity contribution in [1.29, 1.82) is 0 Å². The molecule has 172 valence electrons. The van der Waals surface area contributed by atoms with Gasteiger partial charge in [-0.3, -0.25) is 4.79 Å². The number of carbonyl (C=O) groups is 2. The van der Waals surface area contributed by atoms with E-state index in [4.69, 9.17) is 0 Å². The zero-order valence-corrected chi connectivity index (χ0v) is 19.2. The molecule has 1 aromatic rings. The molecule has 3 rings (SSSR count). The van der Waals surface area contributed by atoms with E-state index < -0.39 is 0 Å². The normalized spacial score (nSPS) is 17.1. The molecule has 0 bridgehead atoms. The van der Waals surface area contributed by atoms with Crippen molar-refractivity contribution in [1.82, 2.24) is 15.5 Å². The number of benzene rings is 1. The molecule has 0 radical (unpaired) electrons. The van der Waals surface area contributed by atoms with Gasteiger partial charge in [-0.2, -0.15) is 0 Å². The van der Waals surface area contributed by atoms with Crippen LogP contribution >= 0.6 is 0 Å². The van der Waals surface area contributed by atoms with Crippen molar-refractivity contribution in [3.05, 3.63) is 23.8 Å². The summed E-state index contributed by atoms with van der Waals surface area (Å²) in [5.74, 6) is -0.0783. The first kappa shape index (κ1) is 23.4. The van der Waals surface area contributed by atoms with Crippen molar-refractivity contribution in [3.8, 4) is 0 Å². The molecule has 7 nitrogen and oxygen atoms in total. The second-order valence-electron chi connectivity index (χ2n) is 8.64. The molecule has 3 N–H and O–H groups in total. The first-order valence-electron chi connectivity index (χ1n) is 12.1. The van der Waals surface area contributed by atoms with E-state index >= 15 is 0 Å². The summed E-state index contributed by atoms with van der Waals surface area (Å²) in [6.07, 6.45) is 7.98.